The molecule has 2 aromatic rings. The number of carbonyl (C=O) groups excluding carboxylic acids is 1. The van der Waals surface area contributed by atoms with Gasteiger partial charge in [0, 0.05) is 24.3 Å². The molecule has 0 atom stereocenters. The highest BCUT2D eigenvalue weighted by molar-refractivity contribution is 5.95. The molecule has 0 fully saturated rings. The third-order valence-electron chi connectivity index (χ3n) is 3.64. The molecule has 3 nitrogen and oxygen atoms in total. The molecule has 0 aliphatic rings. The molecule has 0 spiro atoms. The Kier molecular flexibility index (Phi) is 6.01. The quantitative estimate of drug-likeness (QED) is 0.763. The van der Waals surface area contributed by atoms with Gasteiger partial charge in [0.05, 0.1) is 0 Å². The van der Waals surface area contributed by atoms with Gasteiger partial charge in [0.2, 0.25) is 0 Å². The van der Waals surface area contributed by atoms with Crippen molar-refractivity contribution in [1.82, 2.24) is 5.32 Å². The Morgan fingerprint density at radius 1 is 1.09 bits per heavy atom. The van der Waals surface area contributed by atoms with Crippen LogP contribution in [0.2, 0.25) is 0 Å². The zero-order chi connectivity index (χ0) is 15.8. The van der Waals surface area contributed by atoms with Crippen LogP contribution in [0.3, 0.4) is 0 Å². The highest BCUT2D eigenvalue weighted by atomic mass is 16.1. The summed E-state index contributed by atoms with van der Waals surface area (Å²) in [6.07, 6.45) is 2.12. The average molecular weight is 296 g/mol. The van der Waals surface area contributed by atoms with Crippen molar-refractivity contribution < 1.29 is 4.79 Å². The zero-order valence-corrected chi connectivity index (χ0v) is 13.4. The molecule has 0 saturated carbocycles. The van der Waals surface area contributed by atoms with Crippen LogP contribution in [-0.2, 0) is 6.42 Å². The Balaban J connectivity index is 1.89. The molecule has 2 aromatic carbocycles. The topological polar surface area (TPSA) is 41.1 Å². The van der Waals surface area contributed by atoms with E-state index in [1.54, 1.807) is 0 Å². The normalized spacial score (nSPS) is 10.3. The molecule has 3 heteroatoms. The minimum atomic E-state index is -0.0187. The highest BCUT2D eigenvalue weighted by Gasteiger charge is 2.06. The largest absolute Gasteiger partial charge is 0.385 e. The van der Waals surface area contributed by atoms with Crippen molar-refractivity contribution in [2.24, 2.45) is 0 Å². The number of hydrogen-bond donors (Lipinski definition) is 2. The molecule has 0 saturated heterocycles. The van der Waals surface area contributed by atoms with E-state index in [9.17, 15) is 4.79 Å². The Morgan fingerprint density at radius 2 is 1.86 bits per heavy atom. The minimum absolute atomic E-state index is 0.0187. The van der Waals surface area contributed by atoms with Gasteiger partial charge in [-0.05, 0) is 49.9 Å². The van der Waals surface area contributed by atoms with E-state index in [-0.39, 0.29) is 5.91 Å². The van der Waals surface area contributed by atoms with Crippen molar-refractivity contribution in [1.29, 1.82) is 0 Å². The lowest BCUT2D eigenvalue weighted by Gasteiger charge is -2.11. The summed E-state index contributed by atoms with van der Waals surface area (Å²) in [5, 5.41) is 6.27. The van der Waals surface area contributed by atoms with Gasteiger partial charge in [-0.25, -0.2) is 0 Å². The number of rotatable bonds is 7. The van der Waals surface area contributed by atoms with Crippen LogP contribution in [0.15, 0.2) is 48.5 Å². The third kappa shape index (κ3) is 4.62. The predicted molar refractivity (Wildman–Crippen MR) is 92.4 cm³/mol. The molecule has 0 heterocycles. The van der Waals surface area contributed by atoms with E-state index in [0.717, 1.165) is 30.6 Å². The summed E-state index contributed by atoms with van der Waals surface area (Å²) >= 11 is 0. The fraction of sp³-hybridized carbons (Fsp3) is 0.316. The van der Waals surface area contributed by atoms with Gasteiger partial charge in [-0.3, -0.25) is 4.79 Å². The molecule has 0 aliphatic carbocycles. The summed E-state index contributed by atoms with van der Waals surface area (Å²) in [5.74, 6) is -0.0187. The van der Waals surface area contributed by atoms with Gasteiger partial charge in [0.1, 0.15) is 0 Å². The van der Waals surface area contributed by atoms with Crippen LogP contribution in [0.25, 0.3) is 0 Å². The second kappa shape index (κ2) is 8.23. The summed E-state index contributed by atoms with van der Waals surface area (Å²) in [7, 11) is 0. The standard InChI is InChI=1S/C19H24N2O/c1-3-20-19(22)17-12-11-15(2)18(14-17)21-13-7-10-16-8-5-4-6-9-16/h4-6,8-9,11-12,14,21H,3,7,10,13H2,1-2H3,(H,20,22). The maximum absolute atomic E-state index is 11.9. The highest BCUT2D eigenvalue weighted by Crippen LogP contribution is 2.17. The molecule has 2 rings (SSSR count). The van der Waals surface area contributed by atoms with E-state index in [1.165, 1.54) is 5.56 Å². The number of hydrogen-bond acceptors (Lipinski definition) is 2. The van der Waals surface area contributed by atoms with Crippen LogP contribution in [0, 0.1) is 6.92 Å². The molecule has 0 unspecified atom stereocenters. The maximum atomic E-state index is 11.9. The maximum Gasteiger partial charge on any atom is 0.251 e. The third-order valence-corrected chi connectivity index (χ3v) is 3.64. The first-order valence-electron chi connectivity index (χ1n) is 7.87. The van der Waals surface area contributed by atoms with Crippen molar-refractivity contribution in [3.63, 3.8) is 0 Å². The SMILES string of the molecule is CCNC(=O)c1ccc(C)c(NCCCc2ccccc2)c1. The van der Waals surface area contributed by atoms with E-state index in [1.807, 2.05) is 31.2 Å². The second-order valence-corrected chi connectivity index (χ2v) is 5.41. The Morgan fingerprint density at radius 3 is 2.59 bits per heavy atom. The smallest absolute Gasteiger partial charge is 0.251 e. The second-order valence-electron chi connectivity index (χ2n) is 5.41. The summed E-state index contributed by atoms with van der Waals surface area (Å²) in [6.45, 7) is 5.52. The summed E-state index contributed by atoms with van der Waals surface area (Å²) in [5.41, 5.74) is 4.26. The van der Waals surface area contributed by atoms with E-state index in [2.05, 4.69) is 41.8 Å². The van der Waals surface area contributed by atoms with E-state index in [4.69, 9.17) is 0 Å². The van der Waals surface area contributed by atoms with Gasteiger partial charge in [0.25, 0.3) is 5.91 Å². The predicted octanol–water partition coefficient (Wildman–Crippen LogP) is 3.79. The van der Waals surface area contributed by atoms with Gasteiger partial charge < -0.3 is 10.6 Å². The summed E-state index contributed by atoms with van der Waals surface area (Å²) < 4.78 is 0. The van der Waals surface area contributed by atoms with Crippen LogP contribution < -0.4 is 10.6 Å². The lowest BCUT2D eigenvalue weighted by Crippen LogP contribution is -2.22. The molecule has 0 aromatic heterocycles. The number of nitrogens with one attached hydrogen (secondary N) is 2. The van der Waals surface area contributed by atoms with Gasteiger partial charge >= 0.3 is 0 Å². The minimum Gasteiger partial charge on any atom is -0.385 e. The van der Waals surface area contributed by atoms with E-state index >= 15 is 0 Å². The van der Waals surface area contributed by atoms with Crippen molar-refractivity contribution in [2.45, 2.75) is 26.7 Å². The molecule has 0 radical (unpaired) electrons. The first-order valence-corrected chi connectivity index (χ1v) is 7.87. The number of aryl methyl sites for hydroxylation is 2. The molecular formula is C19H24N2O. The van der Waals surface area contributed by atoms with Crippen LogP contribution >= 0.6 is 0 Å². The first-order chi connectivity index (χ1) is 10.7. The van der Waals surface area contributed by atoms with E-state index < -0.39 is 0 Å². The lowest BCUT2D eigenvalue weighted by molar-refractivity contribution is 0.0956. The Bertz CT molecular complexity index is 608. The van der Waals surface area contributed by atoms with Gasteiger partial charge in [-0.2, -0.15) is 0 Å². The average Bonchev–Trinajstić information content (AvgIpc) is 2.54. The number of anilines is 1. The molecule has 116 valence electrons. The molecule has 0 aliphatic heterocycles. The summed E-state index contributed by atoms with van der Waals surface area (Å²) in [4.78, 5) is 11.9. The van der Waals surface area contributed by atoms with Crippen LogP contribution in [0.4, 0.5) is 5.69 Å². The Hall–Kier alpha value is -2.29. The van der Waals surface area contributed by atoms with Crippen molar-refractivity contribution in [2.75, 3.05) is 18.4 Å². The molecule has 1 amide bonds. The summed E-state index contributed by atoms with van der Waals surface area (Å²) in [6, 6.07) is 16.3. The Labute approximate surface area is 132 Å². The molecular weight excluding hydrogens is 272 g/mol. The fourth-order valence-corrected chi connectivity index (χ4v) is 2.38. The zero-order valence-electron chi connectivity index (χ0n) is 13.4. The van der Waals surface area contributed by atoms with Crippen molar-refractivity contribution in [3.05, 3.63) is 65.2 Å². The molecule has 2 N–H and O–H groups in total. The lowest BCUT2D eigenvalue weighted by atomic mass is 10.1. The van der Waals surface area contributed by atoms with Crippen molar-refractivity contribution >= 4 is 11.6 Å². The molecule has 22 heavy (non-hydrogen) atoms. The van der Waals surface area contributed by atoms with E-state index in [0.29, 0.717) is 12.1 Å². The van der Waals surface area contributed by atoms with Gasteiger partial charge in [-0.15, -0.1) is 0 Å². The van der Waals surface area contributed by atoms with Crippen LogP contribution in [0.5, 0.6) is 0 Å². The number of carbonyl (C=O) groups is 1. The van der Waals surface area contributed by atoms with Gasteiger partial charge in [-0.1, -0.05) is 36.4 Å². The number of amides is 1. The van der Waals surface area contributed by atoms with Crippen molar-refractivity contribution in [3.8, 4) is 0 Å². The monoisotopic (exact) mass is 296 g/mol. The molecule has 0 bridgehead atoms. The fourth-order valence-electron chi connectivity index (χ4n) is 2.38. The van der Waals surface area contributed by atoms with Crippen LogP contribution in [0.1, 0.15) is 34.8 Å². The van der Waals surface area contributed by atoms with Crippen LogP contribution in [-0.4, -0.2) is 19.0 Å². The number of benzene rings is 2. The first kappa shape index (κ1) is 16.1. The van der Waals surface area contributed by atoms with Gasteiger partial charge in [0.15, 0.2) is 0 Å².